The monoisotopic (exact) mass is 551 g/mol. The molecule has 202 valence electrons. The number of nitrogens with two attached hydrogens (primary N) is 2. The highest BCUT2D eigenvalue weighted by Gasteiger charge is 2.45. The summed E-state index contributed by atoms with van der Waals surface area (Å²) in [6, 6.07) is 10.3. The molecule has 1 aliphatic heterocycles. The summed E-state index contributed by atoms with van der Waals surface area (Å²) in [6.45, 7) is 2.90. The Morgan fingerprint density at radius 2 is 1.97 bits per heavy atom. The summed E-state index contributed by atoms with van der Waals surface area (Å²) in [5.41, 5.74) is 11.0. The van der Waals surface area contributed by atoms with Crippen LogP contribution in [0.25, 0.3) is 21.5 Å². The van der Waals surface area contributed by atoms with E-state index in [0.29, 0.717) is 49.2 Å². The van der Waals surface area contributed by atoms with E-state index < -0.39 is 28.6 Å². The number of methoxy groups -OCH3 is 1. The van der Waals surface area contributed by atoms with Crippen molar-refractivity contribution in [3.05, 3.63) is 65.1 Å². The molecule has 3 heterocycles. The van der Waals surface area contributed by atoms with Gasteiger partial charge in [0.15, 0.2) is 5.13 Å². The lowest BCUT2D eigenvalue weighted by atomic mass is 9.82. The van der Waals surface area contributed by atoms with Crippen LogP contribution in [0.2, 0.25) is 0 Å². The van der Waals surface area contributed by atoms with E-state index in [1.54, 1.807) is 25.1 Å². The molecule has 2 aromatic carbocycles. The highest BCUT2D eigenvalue weighted by atomic mass is 32.1. The van der Waals surface area contributed by atoms with E-state index in [9.17, 15) is 19.1 Å². The van der Waals surface area contributed by atoms with Crippen LogP contribution in [0.5, 0.6) is 11.5 Å². The van der Waals surface area contributed by atoms with Crippen LogP contribution >= 0.6 is 11.3 Å². The Kier molecular flexibility index (Phi) is 6.39. The number of hydrogen-bond donors (Lipinski definition) is 4. The second kappa shape index (κ2) is 9.47. The quantitative estimate of drug-likeness (QED) is 0.272. The van der Waals surface area contributed by atoms with Crippen LogP contribution in [0.4, 0.5) is 9.52 Å². The third-order valence-electron chi connectivity index (χ3n) is 6.84. The Bertz CT molecular complexity index is 1620. The minimum Gasteiger partial charge on any atom is -0.494 e. The van der Waals surface area contributed by atoms with Crippen molar-refractivity contribution in [1.29, 1.82) is 0 Å². The Labute approximate surface area is 226 Å². The van der Waals surface area contributed by atoms with Gasteiger partial charge in [-0.1, -0.05) is 11.3 Å². The number of pyridine rings is 1. The maximum Gasteiger partial charge on any atom is 0.251 e. The lowest BCUT2D eigenvalue weighted by Gasteiger charge is -2.26. The average molecular weight is 552 g/mol. The van der Waals surface area contributed by atoms with Crippen molar-refractivity contribution in [2.45, 2.75) is 24.9 Å². The van der Waals surface area contributed by atoms with E-state index in [4.69, 9.17) is 20.9 Å². The number of aliphatic hydroxyl groups is 1. The second-order valence-electron chi connectivity index (χ2n) is 9.76. The molecule has 0 spiro atoms. The van der Waals surface area contributed by atoms with Crippen LogP contribution in [0.3, 0.4) is 0 Å². The molecule has 2 amide bonds. The zero-order valence-electron chi connectivity index (χ0n) is 21.4. The zero-order chi connectivity index (χ0) is 28.1. The number of carbonyl (C=O) groups excluding carboxylic acids is 2. The van der Waals surface area contributed by atoms with Gasteiger partial charge in [0.1, 0.15) is 46.1 Å². The number of aromatic nitrogens is 2. The molecule has 0 saturated heterocycles. The van der Waals surface area contributed by atoms with E-state index in [-0.39, 0.29) is 18.8 Å². The normalized spacial score (nSPS) is 17.8. The molecule has 2 atom stereocenters. The molecule has 0 radical (unpaired) electrons. The Hall–Kier alpha value is -4.29. The van der Waals surface area contributed by atoms with Gasteiger partial charge in [-0.2, -0.15) is 0 Å². The molecule has 0 aliphatic carbocycles. The van der Waals surface area contributed by atoms with Crippen molar-refractivity contribution in [3.8, 4) is 22.8 Å². The van der Waals surface area contributed by atoms with Crippen LogP contribution in [0, 0.1) is 5.82 Å². The number of amides is 2. The third-order valence-corrected chi connectivity index (χ3v) is 7.67. The van der Waals surface area contributed by atoms with Crippen molar-refractivity contribution < 1.29 is 28.6 Å². The van der Waals surface area contributed by atoms with Gasteiger partial charge in [-0.05, 0) is 56.3 Å². The number of ether oxygens (including phenoxy) is 2. The van der Waals surface area contributed by atoms with Gasteiger partial charge < -0.3 is 31.4 Å². The Balaban J connectivity index is 1.49. The predicted octanol–water partition coefficient (Wildman–Crippen LogP) is 2.86. The van der Waals surface area contributed by atoms with Crippen LogP contribution < -0.4 is 26.3 Å². The molecule has 1 aliphatic rings. The number of fused-ring (bicyclic) bond motifs is 2. The first-order valence-electron chi connectivity index (χ1n) is 11.9. The number of nitrogens with one attached hydrogen (secondary N) is 1. The predicted molar refractivity (Wildman–Crippen MR) is 144 cm³/mol. The number of benzene rings is 2. The molecule has 39 heavy (non-hydrogen) atoms. The van der Waals surface area contributed by atoms with Crippen LogP contribution in [-0.4, -0.2) is 47.2 Å². The maximum absolute atomic E-state index is 13.6. The highest BCUT2D eigenvalue weighted by molar-refractivity contribution is 7.22. The smallest absolute Gasteiger partial charge is 0.251 e. The molecule has 0 fully saturated rings. The molecule has 2 aromatic heterocycles. The van der Waals surface area contributed by atoms with Crippen LogP contribution in [-0.2, 0) is 15.8 Å². The van der Waals surface area contributed by atoms with E-state index >= 15 is 0 Å². The fourth-order valence-electron chi connectivity index (χ4n) is 4.41. The molecule has 12 heteroatoms. The van der Waals surface area contributed by atoms with Crippen molar-refractivity contribution in [2.75, 3.05) is 26.0 Å². The average Bonchev–Trinajstić information content (AvgIpc) is 3.46. The van der Waals surface area contributed by atoms with E-state index in [1.165, 1.54) is 49.6 Å². The topological polar surface area (TPSA) is 163 Å². The third kappa shape index (κ3) is 4.61. The second-order valence-corrected chi connectivity index (χ2v) is 10.8. The number of anilines is 1. The van der Waals surface area contributed by atoms with E-state index in [1.807, 2.05) is 0 Å². The summed E-state index contributed by atoms with van der Waals surface area (Å²) in [6.07, 6.45) is 0. The van der Waals surface area contributed by atoms with Crippen molar-refractivity contribution in [1.82, 2.24) is 15.3 Å². The highest BCUT2D eigenvalue weighted by Crippen LogP contribution is 2.45. The minimum absolute atomic E-state index is 0.0116. The van der Waals surface area contributed by atoms with Gasteiger partial charge in [-0.3, -0.25) is 9.59 Å². The summed E-state index contributed by atoms with van der Waals surface area (Å²) >= 11 is 1.22. The zero-order valence-corrected chi connectivity index (χ0v) is 22.2. The van der Waals surface area contributed by atoms with Crippen LogP contribution in [0.15, 0.2) is 42.5 Å². The summed E-state index contributed by atoms with van der Waals surface area (Å²) < 4.78 is 25.5. The summed E-state index contributed by atoms with van der Waals surface area (Å²) in [5.74, 6) is -0.778. The first-order valence-corrected chi connectivity index (χ1v) is 12.7. The van der Waals surface area contributed by atoms with Gasteiger partial charge in [-0.25, -0.2) is 14.4 Å². The minimum atomic E-state index is -1.68. The molecule has 0 unspecified atom stereocenters. The number of nitrogen functional groups attached to an aromatic ring is 1. The fraction of sp³-hybridized carbons (Fsp3) is 0.259. The largest absolute Gasteiger partial charge is 0.494 e. The molecule has 0 bridgehead atoms. The molecule has 5 rings (SSSR count). The van der Waals surface area contributed by atoms with Crippen molar-refractivity contribution in [2.24, 2.45) is 5.73 Å². The van der Waals surface area contributed by atoms with Crippen molar-refractivity contribution >= 4 is 38.5 Å². The Morgan fingerprint density at radius 3 is 2.64 bits per heavy atom. The number of halogens is 1. The summed E-state index contributed by atoms with van der Waals surface area (Å²) in [4.78, 5) is 34.3. The van der Waals surface area contributed by atoms with E-state index in [2.05, 4.69) is 15.3 Å². The standard InChI is InChI=1S/C27H26FN5O5S/c1-26(24(29)35)12-38-22-16(26)10-19(32-20(22)13-4-6-15(28)7-5-13)27(2,36)11-31-23(34)14-8-17(37-3)21-18(9-14)39-25(30)33-21/h4-10,36H,11-12H2,1-3H3,(H2,29,35)(H2,30,33)(H,31,34)/t26-,27-/m0/s1. The van der Waals surface area contributed by atoms with Gasteiger partial charge >= 0.3 is 0 Å². The number of carbonyl (C=O) groups is 2. The lowest BCUT2D eigenvalue weighted by molar-refractivity contribution is -0.123. The van der Waals surface area contributed by atoms with Gasteiger partial charge in [-0.15, -0.1) is 0 Å². The van der Waals surface area contributed by atoms with Gasteiger partial charge in [0.05, 0.1) is 24.0 Å². The summed E-state index contributed by atoms with van der Waals surface area (Å²) in [7, 11) is 1.47. The van der Waals surface area contributed by atoms with Gasteiger partial charge in [0.2, 0.25) is 5.91 Å². The number of thiazole rings is 1. The maximum atomic E-state index is 13.6. The number of hydrogen-bond acceptors (Lipinski definition) is 9. The molecule has 4 aromatic rings. The Morgan fingerprint density at radius 1 is 1.26 bits per heavy atom. The van der Waals surface area contributed by atoms with Gasteiger partial charge in [0, 0.05) is 16.7 Å². The molecule has 6 N–H and O–H groups in total. The number of nitrogens with zero attached hydrogens (tertiary/aromatic N) is 2. The SMILES string of the molecule is COc1cc(C(=O)NC[C@](C)(O)c2cc3c(c(-c4ccc(F)cc4)n2)OC[C@]3(C)C(N)=O)cc2sc(N)nc12. The van der Waals surface area contributed by atoms with Crippen LogP contribution in [0.1, 0.15) is 35.5 Å². The number of primary amides is 1. The molecular formula is C27H26FN5O5S. The fourth-order valence-corrected chi connectivity index (χ4v) is 5.21. The molecule has 10 nitrogen and oxygen atoms in total. The molecule has 0 saturated carbocycles. The van der Waals surface area contributed by atoms with Crippen molar-refractivity contribution in [3.63, 3.8) is 0 Å². The first-order chi connectivity index (χ1) is 18.4. The lowest BCUT2D eigenvalue weighted by Crippen LogP contribution is -2.41. The summed E-state index contributed by atoms with van der Waals surface area (Å²) in [5, 5.41) is 14.5. The number of rotatable bonds is 7. The van der Waals surface area contributed by atoms with E-state index in [0.717, 1.165) is 0 Å². The molecular weight excluding hydrogens is 525 g/mol. The van der Waals surface area contributed by atoms with Gasteiger partial charge in [0.25, 0.3) is 5.91 Å². The first kappa shape index (κ1) is 26.3.